The first-order chi connectivity index (χ1) is 10.6. The molecule has 1 amide bonds. The molecule has 3 aromatic rings. The van der Waals surface area contributed by atoms with Crippen LogP contribution in [0.25, 0.3) is 5.65 Å². The van der Waals surface area contributed by atoms with Gasteiger partial charge in [0.1, 0.15) is 0 Å². The molecule has 0 saturated carbocycles. The second-order valence-electron chi connectivity index (χ2n) is 5.61. The van der Waals surface area contributed by atoms with Crippen molar-refractivity contribution >= 4 is 22.9 Å². The number of pyridine rings is 1. The number of amides is 1. The highest BCUT2D eigenvalue weighted by molar-refractivity contribution is 7.12. The van der Waals surface area contributed by atoms with Gasteiger partial charge in [0.2, 0.25) is 0 Å². The molecule has 0 bridgehead atoms. The second-order valence-corrected chi connectivity index (χ2v) is 6.53. The zero-order valence-electron chi connectivity index (χ0n) is 12.8. The number of carbonyl (C=O) groups excluding carboxylic acids is 1. The first-order valence-corrected chi connectivity index (χ1v) is 8.10. The van der Waals surface area contributed by atoms with Crippen LogP contribution in [0.5, 0.6) is 0 Å². The van der Waals surface area contributed by atoms with Crippen LogP contribution in [0, 0.1) is 12.8 Å². The van der Waals surface area contributed by atoms with E-state index in [2.05, 4.69) is 29.4 Å². The van der Waals surface area contributed by atoms with Gasteiger partial charge in [0, 0.05) is 6.20 Å². The Kier molecular flexibility index (Phi) is 3.94. The summed E-state index contributed by atoms with van der Waals surface area (Å²) in [6.45, 7) is 6.08. The summed E-state index contributed by atoms with van der Waals surface area (Å²) in [5.74, 6) is 0.906. The van der Waals surface area contributed by atoms with Crippen LogP contribution in [0.2, 0.25) is 0 Å². The van der Waals surface area contributed by atoms with Crippen LogP contribution in [0.3, 0.4) is 0 Å². The summed E-state index contributed by atoms with van der Waals surface area (Å²) < 4.78 is 1.92. The van der Waals surface area contributed by atoms with E-state index in [0.29, 0.717) is 0 Å². The summed E-state index contributed by atoms with van der Waals surface area (Å²) in [4.78, 5) is 13.3. The van der Waals surface area contributed by atoms with E-state index in [9.17, 15) is 4.79 Å². The molecular weight excluding hydrogens is 296 g/mol. The molecule has 6 heteroatoms. The molecule has 1 N–H and O–H groups in total. The molecule has 3 aromatic heterocycles. The van der Waals surface area contributed by atoms with Crippen molar-refractivity contribution in [3.8, 4) is 0 Å². The van der Waals surface area contributed by atoms with E-state index in [-0.39, 0.29) is 17.9 Å². The van der Waals surface area contributed by atoms with Crippen LogP contribution < -0.4 is 5.32 Å². The Hall–Kier alpha value is -2.21. The summed E-state index contributed by atoms with van der Waals surface area (Å²) >= 11 is 1.46. The summed E-state index contributed by atoms with van der Waals surface area (Å²) in [6.07, 6.45) is 1.92. The first-order valence-electron chi connectivity index (χ1n) is 7.22. The van der Waals surface area contributed by atoms with E-state index < -0.39 is 0 Å². The number of hydrogen-bond acceptors (Lipinski definition) is 4. The van der Waals surface area contributed by atoms with Gasteiger partial charge < -0.3 is 5.32 Å². The fourth-order valence-corrected chi connectivity index (χ4v) is 3.24. The number of nitrogens with zero attached hydrogens (tertiary/aromatic N) is 3. The monoisotopic (exact) mass is 314 g/mol. The zero-order valence-corrected chi connectivity index (χ0v) is 13.6. The molecule has 0 aliphatic carbocycles. The van der Waals surface area contributed by atoms with E-state index >= 15 is 0 Å². The lowest BCUT2D eigenvalue weighted by molar-refractivity contribution is 0.0926. The van der Waals surface area contributed by atoms with E-state index in [4.69, 9.17) is 0 Å². The Morgan fingerprint density at radius 2 is 2.09 bits per heavy atom. The molecule has 22 heavy (non-hydrogen) atoms. The highest BCUT2D eigenvalue weighted by Gasteiger charge is 2.24. The van der Waals surface area contributed by atoms with Gasteiger partial charge >= 0.3 is 0 Å². The molecule has 1 atom stereocenters. The maximum atomic E-state index is 12.5. The van der Waals surface area contributed by atoms with Gasteiger partial charge in [-0.25, -0.2) is 0 Å². The van der Waals surface area contributed by atoms with Gasteiger partial charge in [-0.1, -0.05) is 19.9 Å². The number of aromatic nitrogens is 3. The minimum absolute atomic E-state index is 0.0566. The van der Waals surface area contributed by atoms with Gasteiger partial charge in [0.15, 0.2) is 11.5 Å². The van der Waals surface area contributed by atoms with Crippen LogP contribution in [0.4, 0.5) is 0 Å². The number of hydrogen-bond donors (Lipinski definition) is 1. The van der Waals surface area contributed by atoms with Crippen molar-refractivity contribution in [2.45, 2.75) is 26.8 Å². The second kappa shape index (κ2) is 5.88. The third-order valence-electron chi connectivity index (χ3n) is 3.64. The van der Waals surface area contributed by atoms with Crippen LogP contribution in [0.1, 0.15) is 40.9 Å². The summed E-state index contributed by atoms with van der Waals surface area (Å²) in [5, 5.41) is 13.5. The molecule has 0 unspecified atom stereocenters. The molecule has 0 saturated heterocycles. The van der Waals surface area contributed by atoms with Gasteiger partial charge in [0.25, 0.3) is 5.91 Å². The fourth-order valence-electron chi connectivity index (χ4n) is 2.41. The number of carbonyl (C=O) groups is 1. The van der Waals surface area contributed by atoms with E-state index in [1.54, 1.807) is 0 Å². The average Bonchev–Trinajstić information content (AvgIpc) is 3.10. The number of nitrogens with one attached hydrogen (secondary N) is 1. The zero-order chi connectivity index (χ0) is 15.7. The fraction of sp³-hybridized carbons (Fsp3) is 0.312. The third kappa shape index (κ3) is 2.62. The van der Waals surface area contributed by atoms with E-state index in [1.807, 2.05) is 47.2 Å². The van der Waals surface area contributed by atoms with Crippen LogP contribution >= 0.6 is 11.3 Å². The molecule has 3 rings (SSSR count). The van der Waals surface area contributed by atoms with Gasteiger partial charge in [-0.05, 0) is 42.0 Å². The van der Waals surface area contributed by atoms with Gasteiger partial charge in [-0.15, -0.1) is 21.5 Å². The minimum atomic E-state index is -0.189. The molecule has 5 nitrogen and oxygen atoms in total. The topological polar surface area (TPSA) is 59.3 Å². The first kappa shape index (κ1) is 14.7. The van der Waals surface area contributed by atoms with Crippen molar-refractivity contribution in [1.29, 1.82) is 0 Å². The Bertz CT molecular complexity index is 805. The van der Waals surface area contributed by atoms with Gasteiger partial charge in [-0.2, -0.15) is 0 Å². The lowest BCUT2D eigenvalue weighted by atomic mass is 10.0. The summed E-state index contributed by atoms with van der Waals surface area (Å²) in [5.41, 5.74) is 1.78. The van der Waals surface area contributed by atoms with Crippen molar-refractivity contribution < 1.29 is 4.79 Å². The Balaban J connectivity index is 1.94. The summed E-state index contributed by atoms with van der Waals surface area (Å²) in [7, 11) is 0. The van der Waals surface area contributed by atoms with Crippen molar-refractivity contribution in [2.24, 2.45) is 5.92 Å². The van der Waals surface area contributed by atoms with Gasteiger partial charge in [0.05, 0.1) is 10.9 Å². The lowest BCUT2D eigenvalue weighted by Gasteiger charge is -2.20. The predicted octanol–water partition coefficient (Wildman–Crippen LogP) is 3.23. The smallest absolute Gasteiger partial charge is 0.262 e. The Morgan fingerprint density at radius 1 is 1.27 bits per heavy atom. The predicted molar refractivity (Wildman–Crippen MR) is 87.1 cm³/mol. The highest BCUT2D eigenvalue weighted by atomic mass is 32.1. The van der Waals surface area contributed by atoms with E-state index in [1.165, 1.54) is 11.3 Å². The van der Waals surface area contributed by atoms with Crippen molar-refractivity contribution in [2.75, 3.05) is 0 Å². The van der Waals surface area contributed by atoms with Crippen LogP contribution in [0.15, 0.2) is 35.8 Å². The lowest BCUT2D eigenvalue weighted by Crippen LogP contribution is -2.33. The molecule has 114 valence electrons. The van der Waals surface area contributed by atoms with Crippen molar-refractivity contribution in [3.05, 3.63) is 52.1 Å². The summed E-state index contributed by atoms with van der Waals surface area (Å²) in [6, 6.07) is 7.52. The Labute approximate surface area is 133 Å². The number of thiophene rings is 1. The van der Waals surface area contributed by atoms with Crippen molar-refractivity contribution in [3.63, 3.8) is 0 Å². The molecule has 0 aliphatic heterocycles. The molecule has 0 aliphatic rings. The standard InChI is InChI=1S/C16H18N4OS/c1-10(2)13(17-16(21)14-11(3)7-9-22-14)15-19-18-12-6-4-5-8-20(12)15/h4-10,13H,1-3H3,(H,17,21)/t13-/m0/s1. The maximum absolute atomic E-state index is 12.5. The Morgan fingerprint density at radius 3 is 2.77 bits per heavy atom. The van der Waals surface area contributed by atoms with Crippen LogP contribution in [-0.2, 0) is 0 Å². The van der Waals surface area contributed by atoms with E-state index in [0.717, 1.165) is 21.9 Å². The molecule has 3 heterocycles. The normalized spacial score (nSPS) is 12.7. The number of aryl methyl sites for hydroxylation is 1. The molecular formula is C16H18N4OS. The minimum Gasteiger partial charge on any atom is -0.341 e. The van der Waals surface area contributed by atoms with Crippen LogP contribution in [-0.4, -0.2) is 20.5 Å². The SMILES string of the molecule is Cc1ccsc1C(=O)N[C@H](c1nnc2ccccn12)C(C)C. The number of fused-ring (bicyclic) bond motifs is 1. The van der Waals surface area contributed by atoms with Gasteiger partial charge in [-0.3, -0.25) is 9.20 Å². The quantitative estimate of drug-likeness (QED) is 0.804. The molecule has 0 spiro atoms. The third-order valence-corrected chi connectivity index (χ3v) is 4.66. The molecule has 0 fully saturated rings. The maximum Gasteiger partial charge on any atom is 0.262 e. The largest absolute Gasteiger partial charge is 0.341 e. The highest BCUT2D eigenvalue weighted by Crippen LogP contribution is 2.23. The van der Waals surface area contributed by atoms with Crippen molar-refractivity contribution in [1.82, 2.24) is 19.9 Å². The average molecular weight is 314 g/mol. The number of rotatable bonds is 4. The molecule has 0 radical (unpaired) electrons. The molecule has 0 aromatic carbocycles.